The third-order valence-electron chi connectivity index (χ3n) is 5.85. The summed E-state index contributed by atoms with van der Waals surface area (Å²) in [6.45, 7) is 13.5. The van der Waals surface area contributed by atoms with Gasteiger partial charge in [-0.1, -0.05) is 19.8 Å². The lowest BCUT2D eigenvalue weighted by Crippen LogP contribution is -2.48. The van der Waals surface area contributed by atoms with Crippen molar-refractivity contribution in [1.82, 2.24) is 29.3 Å². The van der Waals surface area contributed by atoms with Crippen molar-refractivity contribution in [2.75, 3.05) is 45.1 Å². The van der Waals surface area contributed by atoms with Crippen molar-refractivity contribution in [3.63, 3.8) is 0 Å². The number of nitrogens with two attached hydrogens (primary N) is 1. The summed E-state index contributed by atoms with van der Waals surface area (Å²) in [5, 5.41) is 0. The molecule has 0 saturated carbocycles. The molecule has 1 saturated heterocycles. The fraction of sp³-hybridized carbons (Fsp3) is 0.762. The molecule has 0 amide bonds. The van der Waals surface area contributed by atoms with Gasteiger partial charge < -0.3 is 20.4 Å². The van der Waals surface area contributed by atoms with Crippen molar-refractivity contribution in [1.29, 1.82) is 0 Å². The highest BCUT2D eigenvalue weighted by atomic mass is 16.5. The number of nitrogen functional groups attached to an aromatic ring is 1. The minimum atomic E-state index is -0.193. The average molecular weight is 420 g/mol. The van der Waals surface area contributed by atoms with Gasteiger partial charge in [0, 0.05) is 38.8 Å². The van der Waals surface area contributed by atoms with Crippen LogP contribution in [0.3, 0.4) is 0 Å². The van der Waals surface area contributed by atoms with Crippen LogP contribution >= 0.6 is 0 Å². The number of aromatic nitrogens is 4. The Balaban J connectivity index is 1.49. The van der Waals surface area contributed by atoms with Crippen LogP contribution in [-0.4, -0.2) is 74.7 Å². The van der Waals surface area contributed by atoms with Crippen molar-refractivity contribution in [3.05, 3.63) is 10.5 Å². The lowest BCUT2D eigenvalue weighted by atomic mass is 10.2. The largest absolute Gasteiger partial charge is 0.463 e. The SMILES string of the molecule is CCCCOc1nc(N)c2[nH]c(=O)n(CCCCCN3CCN(C(C)C)CC3)c2n1. The Bertz CT molecular complexity index is 853. The second-order valence-electron chi connectivity index (χ2n) is 8.41. The lowest BCUT2D eigenvalue weighted by Gasteiger charge is -2.36. The van der Waals surface area contributed by atoms with Crippen molar-refractivity contribution < 1.29 is 4.74 Å². The van der Waals surface area contributed by atoms with Gasteiger partial charge in [-0.2, -0.15) is 9.97 Å². The summed E-state index contributed by atoms with van der Waals surface area (Å²) in [5.74, 6) is 0.253. The van der Waals surface area contributed by atoms with E-state index in [0.717, 1.165) is 64.8 Å². The van der Waals surface area contributed by atoms with E-state index in [1.165, 1.54) is 0 Å². The van der Waals surface area contributed by atoms with Crippen LogP contribution in [0.5, 0.6) is 6.01 Å². The summed E-state index contributed by atoms with van der Waals surface area (Å²) in [6, 6.07) is 0.874. The highest BCUT2D eigenvalue weighted by Crippen LogP contribution is 2.18. The minimum Gasteiger partial charge on any atom is -0.463 e. The molecule has 0 unspecified atom stereocenters. The van der Waals surface area contributed by atoms with Crippen LogP contribution in [0.4, 0.5) is 5.82 Å². The molecule has 1 aliphatic heterocycles. The van der Waals surface area contributed by atoms with E-state index in [-0.39, 0.29) is 17.5 Å². The number of anilines is 1. The quantitative estimate of drug-likeness (QED) is 0.537. The van der Waals surface area contributed by atoms with Gasteiger partial charge in [0.2, 0.25) is 0 Å². The predicted molar refractivity (Wildman–Crippen MR) is 120 cm³/mol. The Hall–Kier alpha value is -2.13. The van der Waals surface area contributed by atoms with Gasteiger partial charge in [0.05, 0.1) is 6.61 Å². The van der Waals surface area contributed by atoms with Gasteiger partial charge in [0.15, 0.2) is 11.5 Å². The molecule has 3 rings (SSSR count). The van der Waals surface area contributed by atoms with Crippen LogP contribution in [-0.2, 0) is 6.54 Å². The summed E-state index contributed by atoms with van der Waals surface area (Å²) in [4.78, 5) is 28.8. The zero-order chi connectivity index (χ0) is 21.5. The number of H-pyrrole nitrogens is 1. The fourth-order valence-corrected chi connectivity index (χ4v) is 3.90. The molecule has 168 valence electrons. The summed E-state index contributed by atoms with van der Waals surface area (Å²) < 4.78 is 7.25. The molecule has 30 heavy (non-hydrogen) atoms. The van der Waals surface area contributed by atoms with E-state index in [1.807, 2.05) is 0 Å². The van der Waals surface area contributed by atoms with Crippen LogP contribution in [0.25, 0.3) is 11.2 Å². The highest BCUT2D eigenvalue weighted by molar-refractivity contribution is 5.81. The minimum absolute atomic E-state index is 0.193. The number of unbranched alkanes of at least 4 members (excludes halogenated alkanes) is 3. The summed E-state index contributed by atoms with van der Waals surface area (Å²) >= 11 is 0. The molecule has 9 nitrogen and oxygen atoms in total. The molecular weight excluding hydrogens is 382 g/mol. The Kier molecular flexibility index (Phi) is 8.09. The Labute approximate surface area is 178 Å². The number of rotatable bonds is 11. The summed E-state index contributed by atoms with van der Waals surface area (Å²) in [7, 11) is 0. The molecule has 0 spiro atoms. The normalized spacial score (nSPS) is 16.0. The lowest BCUT2D eigenvalue weighted by molar-refractivity contribution is 0.107. The van der Waals surface area contributed by atoms with Crippen LogP contribution < -0.4 is 16.2 Å². The monoisotopic (exact) mass is 419 g/mol. The van der Waals surface area contributed by atoms with E-state index in [9.17, 15) is 4.79 Å². The van der Waals surface area contributed by atoms with Gasteiger partial charge in [-0.3, -0.25) is 9.47 Å². The highest BCUT2D eigenvalue weighted by Gasteiger charge is 2.18. The van der Waals surface area contributed by atoms with Gasteiger partial charge in [-0.25, -0.2) is 4.79 Å². The number of imidazole rings is 1. The van der Waals surface area contributed by atoms with Gasteiger partial charge in [0.1, 0.15) is 5.52 Å². The molecule has 1 aliphatic rings. The van der Waals surface area contributed by atoms with Gasteiger partial charge in [-0.05, 0) is 39.7 Å². The van der Waals surface area contributed by atoms with Crippen LogP contribution in [0.1, 0.15) is 52.9 Å². The van der Waals surface area contributed by atoms with Gasteiger partial charge in [-0.15, -0.1) is 0 Å². The first-order chi connectivity index (χ1) is 14.5. The molecule has 0 aromatic carbocycles. The van der Waals surface area contributed by atoms with Gasteiger partial charge >= 0.3 is 11.7 Å². The summed E-state index contributed by atoms with van der Waals surface area (Å²) in [6.07, 6.45) is 5.09. The second-order valence-corrected chi connectivity index (χ2v) is 8.41. The van der Waals surface area contributed by atoms with Crippen molar-refractivity contribution >= 4 is 17.0 Å². The maximum atomic E-state index is 12.4. The summed E-state index contributed by atoms with van der Waals surface area (Å²) in [5.41, 5.74) is 6.84. The number of piperazine rings is 1. The Morgan fingerprint density at radius 1 is 1.07 bits per heavy atom. The number of fused-ring (bicyclic) bond motifs is 1. The topological polar surface area (TPSA) is 105 Å². The number of hydrogen-bond donors (Lipinski definition) is 2. The molecule has 1 fully saturated rings. The van der Waals surface area contributed by atoms with Crippen LogP contribution in [0.2, 0.25) is 0 Å². The van der Waals surface area contributed by atoms with E-state index in [1.54, 1.807) is 4.57 Å². The van der Waals surface area contributed by atoms with Crippen LogP contribution in [0, 0.1) is 0 Å². The van der Waals surface area contributed by atoms with Crippen LogP contribution in [0.15, 0.2) is 4.79 Å². The predicted octanol–water partition coefficient (Wildman–Crippen LogP) is 2.08. The number of nitrogens with zero attached hydrogens (tertiary/aromatic N) is 5. The number of ether oxygens (including phenoxy) is 1. The zero-order valence-electron chi connectivity index (χ0n) is 18.7. The molecule has 9 heteroatoms. The zero-order valence-corrected chi connectivity index (χ0v) is 18.7. The molecule has 3 heterocycles. The first kappa shape index (κ1) is 22.6. The molecule has 2 aromatic heterocycles. The average Bonchev–Trinajstić information content (AvgIpc) is 3.04. The van der Waals surface area contributed by atoms with E-state index >= 15 is 0 Å². The number of nitrogens with one attached hydrogen (secondary N) is 1. The van der Waals surface area contributed by atoms with Crippen molar-refractivity contribution in [3.8, 4) is 6.01 Å². The maximum absolute atomic E-state index is 12.4. The van der Waals surface area contributed by atoms with Gasteiger partial charge in [0.25, 0.3) is 0 Å². The first-order valence-corrected chi connectivity index (χ1v) is 11.3. The second kappa shape index (κ2) is 10.8. The van der Waals surface area contributed by atoms with E-state index in [4.69, 9.17) is 10.5 Å². The molecule has 0 bridgehead atoms. The maximum Gasteiger partial charge on any atom is 0.327 e. The van der Waals surface area contributed by atoms with Crippen molar-refractivity contribution in [2.45, 2.75) is 65.5 Å². The third kappa shape index (κ3) is 5.72. The number of aryl methyl sites for hydroxylation is 1. The standard InChI is InChI=1S/C21H37N7O2/c1-4-5-15-30-20-24-18(22)17-19(25-20)28(21(29)23-17)10-8-6-7-9-26-11-13-27(14-12-26)16(2)3/h16H,4-15H2,1-3H3,(H,23,29)(H2,22,24,25). The number of aromatic amines is 1. The Morgan fingerprint density at radius 3 is 2.50 bits per heavy atom. The van der Waals surface area contributed by atoms with Crippen molar-refractivity contribution in [2.24, 2.45) is 0 Å². The Morgan fingerprint density at radius 2 is 1.80 bits per heavy atom. The molecule has 0 aliphatic carbocycles. The molecule has 0 atom stereocenters. The molecular formula is C21H37N7O2. The van der Waals surface area contributed by atoms with E-state index < -0.39 is 0 Å². The molecule has 3 N–H and O–H groups in total. The van der Waals surface area contributed by atoms with E-state index in [0.29, 0.717) is 30.4 Å². The fourth-order valence-electron chi connectivity index (χ4n) is 3.90. The smallest absolute Gasteiger partial charge is 0.327 e. The molecule has 2 aromatic rings. The third-order valence-corrected chi connectivity index (χ3v) is 5.85. The van der Waals surface area contributed by atoms with E-state index in [2.05, 4.69) is 45.5 Å². The first-order valence-electron chi connectivity index (χ1n) is 11.3. The number of hydrogen-bond acceptors (Lipinski definition) is 7. The molecule has 0 radical (unpaired) electrons.